The second-order valence-corrected chi connectivity index (χ2v) is 5.28. The zero-order chi connectivity index (χ0) is 16.4. The summed E-state index contributed by atoms with van der Waals surface area (Å²) in [5.41, 5.74) is 0.708. The van der Waals surface area contributed by atoms with Gasteiger partial charge in [0, 0.05) is 25.2 Å². The van der Waals surface area contributed by atoms with Crippen molar-refractivity contribution >= 4 is 23.5 Å². The molecule has 1 unspecified atom stereocenters. The van der Waals surface area contributed by atoms with Crippen molar-refractivity contribution in [3.8, 4) is 0 Å². The summed E-state index contributed by atoms with van der Waals surface area (Å²) in [5.74, 6) is -0.519. The molecule has 5 nitrogen and oxygen atoms in total. The van der Waals surface area contributed by atoms with Crippen LogP contribution < -0.4 is 5.32 Å². The van der Waals surface area contributed by atoms with Crippen LogP contribution in [0.25, 0.3) is 0 Å². The van der Waals surface area contributed by atoms with Crippen LogP contribution in [0.5, 0.6) is 0 Å². The van der Waals surface area contributed by atoms with Gasteiger partial charge in [-0.3, -0.25) is 9.59 Å². The summed E-state index contributed by atoms with van der Waals surface area (Å²) in [6.45, 7) is 0.628. The van der Waals surface area contributed by atoms with Crippen LogP contribution in [0.3, 0.4) is 0 Å². The fourth-order valence-corrected chi connectivity index (χ4v) is 2.31. The third-order valence-electron chi connectivity index (χ3n) is 3.22. The van der Waals surface area contributed by atoms with E-state index in [1.54, 1.807) is 25.3 Å². The number of amides is 1. The Hall–Kier alpha value is -1.59. The third kappa shape index (κ3) is 6.45. The molecule has 0 saturated carbocycles. The maximum atomic E-state index is 12.0. The quantitative estimate of drug-likeness (QED) is 0.559. The molecule has 122 valence electrons. The standard InChI is InChI=1S/C16H22ClNO4/c1-21-10-6-5-9-15(19)18-14(11-16(20)22-2)12-7-3-4-8-13(12)17/h3-4,7-8,14H,5-6,9-11H2,1-2H3,(H,18,19). The number of nitrogens with one attached hydrogen (secondary N) is 1. The topological polar surface area (TPSA) is 64.6 Å². The Morgan fingerprint density at radius 1 is 1.23 bits per heavy atom. The van der Waals surface area contributed by atoms with E-state index in [1.165, 1.54) is 7.11 Å². The van der Waals surface area contributed by atoms with Gasteiger partial charge in [0.2, 0.25) is 5.91 Å². The zero-order valence-electron chi connectivity index (χ0n) is 12.9. The van der Waals surface area contributed by atoms with Gasteiger partial charge in [0.1, 0.15) is 0 Å². The molecule has 1 atom stereocenters. The van der Waals surface area contributed by atoms with Crippen molar-refractivity contribution in [2.45, 2.75) is 31.7 Å². The van der Waals surface area contributed by atoms with Crippen LogP contribution in [0.15, 0.2) is 24.3 Å². The van der Waals surface area contributed by atoms with E-state index in [4.69, 9.17) is 16.3 Å². The minimum absolute atomic E-state index is 0.0457. The van der Waals surface area contributed by atoms with E-state index in [1.807, 2.05) is 6.07 Å². The maximum absolute atomic E-state index is 12.0. The highest BCUT2D eigenvalue weighted by atomic mass is 35.5. The van der Waals surface area contributed by atoms with Gasteiger partial charge in [-0.1, -0.05) is 29.8 Å². The SMILES string of the molecule is COCCCCC(=O)NC(CC(=O)OC)c1ccccc1Cl. The lowest BCUT2D eigenvalue weighted by Crippen LogP contribution is -2.30. The zero-order valence-corrected chi connectivity index (χ0v) is 13.7. The average molecular weight is 328 g/mol. The van der Waals surface area contributed by atoms with Crippen molar-refractivity contribution in [1.29, 1.82) is 0 Å². The van der Waals surface area contributed by atoms with Gasteiger partial charge in [-0.05, 0) is 24.5 Å². The normalized spacial score (nSPS) is 11.8. The molecule has 6 heteroatoms. The highest BCUT2D eigenvalue weighted by Crippen LogP contribution is 2.25. The largest absolute Gasteiger partial charge is 0.469 e. The van der Waals surface area contributed by atoms with Gasteiger partial charge in [-0.2, -0.15) is 0 Å². The predicted molar refractivity (Wildman–Crippen MR) is 84.7 cm³/mol. The Labute approximate surface area is 135 Å². The highest BCUT2D eigenvalue weighted by Gasteiger charge is 2.20. The Balaban J connectivity index is 2.68. The summed E-state index contributed by atoms with van der Waals surface area (Å²) in [7, 11) is 2.95. The first-order valence-electron chi connectivity index (χ1n) is 7.18. The molecule has 0 aliphatic heterocycles. The van der Waals surface area contributed by atoms with Crippen molar-refractivity contribution in [1.82, 2.24) is 5.32 Å². The van der Waals surface area contributed by atoms with E-state index in [-0.39, 0.29) is 12.3 Å². The first-order valence-corrected chi connectivity index (χ1v) is 7.55. The second kappa shape index (κ2) is 10.2. The first kappa shape index (κ1) is 18.5. The predicted octanol–water partition coefficient (Wildman–Crippen LogP) is 2.88. The lowest BCUT2D eigenvalue weighted by atomic mass is 10.0. The van der Waals surface area contributed by atoms with Crippen LogP contribution in [0.4, 0.5) is 0 Å². The van der Waals surface area contributed by atoms with Crippen LogP contribution in [0, 0.1) is 0 Å². The molecule has 1 rings (SSSR count). The molecule has 1 N–H and O–H groups in total. The lowest BCUT2D eigenvalue weighted by Gasteiger charge is -2.19. The molecule has 0 bridgehead atoms. The fraction of sp³-hybridized carbons (Fsp3) is 0.500. The number of esters is 1. The van der Waals surface area contributed by atoms with Gasteiger partial charge in [0.25, 0.3) is 0 Å². The minimum atomic E-state index is -0.490. The number of unbranched alkanes of at least 4 members (excludes halogenated alkanes) is 1. The number of rotatable bonds is 9. The van der Waals surface area contributed by atoms with Crippen LogP contribution in [-0.2, 0) is 19.1 Å². The lowest BCUT2D eigenvalue weighted by molar-refractivity contribution is -0.141. The van der Waals surface area contributed by atoms with E-state index in [2.05, 4.69) is 10.1 Å². The van der Waals surface area contributed by atoms with Crippen molar-refractivity contribution in [2.75, 3.05) is 20.8 Å². The number of ether oxygens (including phenoxy) is 2. The monoisotopic (exact) mass is 327 g/mol. The van der Waals surface area contributed by atoms with Crippen molar-refractivity contribution in [3.63, 3.8) is 0 Å². The molecule has 0 aliphatic rings. The number of hydrogen-bond acceptors (Lipinski definition) is 4. The summed E-state index contributed by atoms with van der Waals surface area (Å²) in [5, 5.41) is 3.36. The van der Waals surface area contributed by atoms with Gasteiger partial charge in [-0.25, -0.2) is 0 Å². The molecule has 1 amide bonds. The van der Waals surface area contributed by atoms with Crippen molar-refractivity contribution < 1.29 is 19.1 Å². The summed E-state index contributed by atoms with van der Waals surface area (Å²) in [4.78, 5) is 23.6. The van der Waals surface area contributed by atoms with Crippen LogP contribution in [-0.4, -0.2) is 32.7 Å². The van der Waals surface area contributed by atoms with E-state index < -0.39 is 12.0 Å². The van der Waals surface area contributed by atoms with E-state index in [0.717, 1.165) is 12.8 Å². The molecule has 1 aromatic rings. The molecule has 0 aliphatic carbocycles. The van der Waals surface area contributed by atoms with Crippen molar-refractivity contribution in [3.05, 3.63) is 34.9 Å². The molecule has 22 heavy (non-hydrogen) atoms. The van der Waals surface area contributed by atoms with Gasteiger partial charge in [0.05, 0.1) is 19.6 Å². The Bertz CT molecular complexity index is 493. The van der Waals surface area contributed by atoms with Gasteiger partial charge >= 0.3 is 5.97 Å². The summed E-state index contributed by atoms with van der Waals surface area (Å²) in [6, 6.07) is 6.65. The molecule has 0 heterocycles. The molecule has 0 radical (unpaired) electrons. The Morgan fingerprint density at radius 3 is 2.59 bits per heavy atom. The van der Waals surface area contributed by atoms with Crippen LogP contribution in [0.1, 0.15) is 37.3 Å². The molecule has 0 fully saturated rings. The number of benzene rings is 1. The minimum Gasteiger partial charge on any atom is -0.469 e. The van der Waals surface area contributed by atoms with Crippen LogP contribution >= 0.6 is 11.6 Å². The second-order valence-electron chi connectivity index (χ2n) is 4.87. The van der Waals surface area contributed by atoms with E-state index in [9.17, 15) is 9.59 Å². The molecule has 0 saturated heterocycles. The number of methoxy groups -OCH3 is 2. The molecule has 0 spiro atoms. The number of carbonyl (C=O) groups excluding carboxylic acids is 2. The van der Waals surface area contributed by atoms with Gasteiger partial charge in [0.15, 0.2) is 0 Å². The van der Waals surface area contributed by atoms with E-state index in [0.29, 0.717) is 23.6 Å². The Kier molecular flexibility index (Phi) is 8.55. The van der Waals surface area contributed by atoms with E-state index >= 15 is 0 Å². The van der Waals surface area contributed by atoms with Gasteiger partial charge in [-0.15, -0.1) is 0 Å². The molecule has 1 aromatic carbocycles. The van der Waals surface area contributed by atoms with Gasteiger partial charge < -0.3 is 14.8 Å². The summed E-state index contributed by atoms with van der Waals surface area (Å²) >= 11 is 6.15. The highest BCUT2D eigenvalue weighted by molar-refractivity contribution is 6.31. The molecule has 0 aromatic heterocycles. The molecular formula is C16H22ClNO4. The van der Waals surface area contributed by atoms with Crippen molar-refractivity contribution in [2.24, 2.45) is 0 Å². The smallest absolute Gasteiger partial charge is 0.307 e. The molecular weight excluding hydrogens is 306 g/mol. The summed E-state index contributed by atoms with van der Waals surface area (Å²) in [6.07, 6.45) is 1.97. The third-order valence-corrected chi connectivity index (χ3v) is 3.56. The summed E-state index contributed by atoms with van der Waals surface area (Å²) < 4.78 is 9.63. The number of carbonyl (C=O) groups is 2. The maximum Gasteiger partial charge on any atom is 0.307 e. The Morgan fingerprint density at radius 2 is 1.95 bits per heavy atom. The first-order chi connectivity index (χ1) is 10.6. The number of halogens is 1. The fourth-order valence-electron chi connectivity index (χ4n) is 2.04. The average Bonchev–Trinajstić information content (AvgIpc) is 2.51. The number of hydrogen-bond donors (Lipinski definition) is 1. The van der Waals surface area contributed by atoms with Crippen LogP contribution in [0.2, 0.25) is 5.02 Å².